The molecule has 0 saturated carbocycles. The molecule has 0 amide bonds. The van der Waals surface area contributed by atoms with Crippen molar-refractivity contribution in [2.75, 3.05) is 6.61 Å². The fraction of sp³-hybridized carbons (Fsp3) is 0.316. The maximum absolute atomic E-state index is 12.0. The lowest BCUT2D eigenvalue weighted by Crippen LogP contribution is -2.18. The van der Waals surface area contributed by atoms with Crippen LogP contribution >= 0.6 is 31.9 Å². The third kappa shape index (κ3) is 5.08. The minimum absolute atomic E-state index is 0.0350. The third-order valence-electron chi connectivity index (χ3n) is 3.50. The van der Waals surface area contributed by atoms with Gasteiger partial charge in [0.05, 0.1) is 4.47 Å². The van der Waals surface area contributed by atoms with Crippen LogP contribution in [0.3, 0.4) is 0 Å². The molecule has 0 bridgehead atoms. The second-order valence-electron chi connectivity index (χ2n) is 6.57. The molecule has 0 N–H and O–H groups in total. The molecule has 0 spiro atoms. The number of benzene rings is 2. The zero-order valence-corrected chi connectivity index (χ0v) is 17.3. The molecule has 0 unspecified atom stereocenters. The van der Waals surface area contributed by atoms with E-state index in [0.29, 0.717) is 11.5 Å². The quantitative estimate of drug-likeness (QED) is 0.431. The number of hydrogen-bond donors (Lipinski definition) is 0. The van der Waals surface area contributed by atoms with Crippen LogP contribution < -0.4 is 9.47 Å². The van der Waals surface area contributed by atoms with Crippen LogP contribution in [0.1, 0.15) is 31.9 Å². The second kappa shape index (κ2) is 7.70. The van der Waals surface area contributed by atoms with Crippen molar-refractivity contribution in [1.82, 2.24) is 0 Å². The Hall–Kier alpha value is -1.33. The largest absolute Gasteiger partial charge is 0.482 e. The molecular weight excluding hydrogens is 436 g/mol. The molecular formula is C19H20Br2O3. The van der Waals surface area contributed by atoms with Gasteiger partial charge in [0.2, 0.25) is 0 Å². The summed E-state index contributed by atoms with van der Waals surface area (Å²) in [5.41, 5.74) is 2.15. The Kier molecular flexibility index (Phi) is 6.10. The standard InChI is InChI=1S/C19H20Br2O3/c1-12-9-14(20)6-8-16(12)23-11-18(22)24-17-7-5-13(10-15(17)21)19(2,3)4/h5-10H,11H2,1-4H3. The van der Waals surface area contributed by atoms with Gasteiger partial charge in [-0.25, -0.2) is 4.79 Å². The maximum Gasteiger partial charge on any atom is 0.349 e. The van der Waals surface area contributed by atoms with E-state index in [1.54, 1.807) is 6.07 Å². The van der Waals surface area contributed by atoms with E-state index in [-0.39, 0.29) is 12.0 Å². The van der Waals surface area contributed by atoms with Crippen LogP contribution in [0.15, 0.2) is 45.3 Å². The minimum Gasteiger partial charge on any atom is -0.482 e. The van der Waals surface area contributed by atoms with E-state index >= 15 is 0 Å². The van der Waals surface area contributed by atoms with Crippen LogP contribution in [0.2, 0.25) is 0 Å². The summed E-state index contributed by atoms with van der Waals surface area (Å²) in [4.78, 5) is 12.0. The molecule has 2 aromatic rings. The zero-order chi connectivity index (χ0) is 17.9. The summed E-state index contributed by atoms with van der Waals surface area (Å²) in [5, 5.41) is 0. The molecule has 5 heteroatoms. The molecule has 128 valence electrons. The number of rotatable bonds is 4. The van der Waals surface area contributed by atoms with Gasteiger partial charge >= 0.3 is 5.97 Å². The van der Waals surface area contributed by atoms with Crippen molar-refractivity contribution in [3.63, 3.8) is 0 Å². The summed E-state index contributed by atoms with van der Waals surface area (Å²) in [6.45, 7) is 8.18. The molecule has 0 radical (unpaired) electrons. The molecule has 0 heterocycles. The lowest BCUT2D eigenvalue weighted by Gasteiger charge is -2.20. The Morgan fingerprint density at radius 1 is 1.04 bits per heavy atom. The van der Waals surface area contributed by atoms with Crippen LogP contribution in [0.25, 0.3) is 0 Å². The summed E-state index contributed by atoms with van der Waals surface area (Å²) in [7, 11) is 0. The number of ether oxygens (including phenoxy) is 2. The summed E-state index contributed by atoms with van der Waals surface area (Å²) >= 11 is 6.86. The lowest BCUT2D eigenvalue weighted by atomic mass is 9.87. The molecule has 24 heavy (non-hydrogen) atoms. The van der Waals surface area contributed by atoms with Gasteiger partial charge in [-0.05, 0) is 69.7 Å². The number of aryl methyl sites for hydroxylation is 1. The van der Waals surface area contributed by atoms with Crippen molar-refractivity contribution >= 4 is 37.8 Å². The summed E-state index contributed by atoms with van der Waals surface area (Å²) in [5.74, 6) is 0.711. The van der Waals surface area contributed by atoms with E-state index in [1.807, 2.05) is 37.3 Å². The number of halogens is 2. The maximum atomic E-state index is 12.0. The van der Waals surface area contributed by atoms with Gasteiger partial charge in [0.1, 0.15) is 11.5 Å². The molecule has 0 atom stereocenters. The van der Waals surface area contributed by atoms with Crippen molar-refractivity contribution in [3.8, 4) is 11.5 Å². The highest BCUT2D eigenvalue weighted by Gasteiger charge is 2.16. The van der Waals surface area contributed by atoms with Gasteiger partial charge in [0.15, 0.2) is 6.61 Å². The smallest absolute Gasteiger partial charge is 0.349 e. The first kappa shape index (κ1) is 19.0. The van der Waals surface area contributed by atoms with Crippen LogP contribution in [0.5, 0.6) is 11.5 Å². The first-order valence-corrected chi connectivity index (χ1v) is 9.15. The molecule has 0 aliphatic carbocycles. The number of carbonyl (C=O) groups excluding carboxylic acids is 1. The predicted molar refractivity (Wildman–Crippen MR) is 103 cm³/mol. The second-order valence-corrected chi connectivity index (χ2v) is 8.34. The molecule has 0 aliphatic rings. The molecule has 0 aromatic heterocycles. The highest BCUT2D eigenvalue weighted by Crippen LogP contribution is 2.31. The van der Waals surface area contributed by atoms with Gasteiger partial charge in [-0.15, -0.1) is 0 Å². The topological polar surface area (TPSA) is 35.5 Å². The Morgan fingerprint density at radius 3 is 2.29 bits per heavy atom. The van der Waals surface area contributed by atoms with E-state index in [1.165, 1.54) is 0 Å². The number of esters is 1. The zero-order valence-electron chi connectivity index (χ0n) is 14.2. The predicted octanol–water partition coefficient (Wildman–Crippen LogP) is 5.80. The van der Waals surface area contributed by atoms with Crippen molar-refractivity contribution in [1.29, 1.82) is 0 Å². The van der Waals surface area contributed by atoms with Crippen molar-refractivity contribution in [3.05, 3.63) is 56.5 Å². The van der Waals surface area contributed by atoms with Crippen LogP contribution in [-0.4, -0.2) is 12.6 Å². The molecule has 2 aromatic carbocycles. The Balaban J connectivity index is 2.00. The number of carbonyl (C=O) groups is 1. The van der Waals surface area contributed by atoms with E-state index in [0.717, 1.165) is 20.1 Å². The van der Waals surface area contributed by atoms with Gasteiger partial charge in [-0.3, -0.25) is 0 Å². The average molecular weight is 456 g/mol. The van der Waals surface area contributed by atoms with Crippen LogP contribution in [0.4, 0.5) is 0 Å². The lowest BCUT2D eigenvalue weighted by molar-refractivity contribution is -0.136. The first-order chi connectivity index (χ1) is 11.2. The summed E-state index contributed by atoms with van der Waals surface area (Å²) < 4.78 is 12.6. The monoisotopic (exact) mass is 454 g/mol. The molecule has 0 fully saturated rings. The highest BCUT2D eigenvalue weighted by atomic mass is 79.9. The highest BCUT2D eigenvalue weighted by molar-refractivity contribution is 9.10. The minimum atomic E-state index is -0.443. The SMILES string of the molecule is Cc1cc(Br)ccc1OCC(=O)Oc1ccc(C(C)(C)C)cc1Br. The van der Waals surface area contributed by atoms with Crippen molar-refractivity contribution in [2.24, 2.45) is 0 Å². The van der Waals surface area contributed by atoms with E-state index in [9.17, 15) is 4.79 Å². The Labute approximate surface area is 159 Å². The summed E-state index contributed by atoms with van der Waals surface area (Å²) in [6.07, 6.45) is 0. The summed E-state index contributed by atoms with van der Waals surface area (Å²) in [6, 6.07) is 11.4. The van der Waals surface area contributed by atoms with E-state index < -0.39 is 5.97 Å². The fourth-order valence-corrected chi connectivity index (χ4v) is 3.05. The van der Waals surface area contributed by atoms with Crippen molar-refractivity contribution < 1.29 is 14.3 Å². The van der Waals surface area contributed by atoms with E-state index in [4.69, 9.17) is 9.47 Å². The van der Waals surface area contributed by atoms with Gasteiger partial charge in [-0.2, -0.15) is 0 Å². The van der Waals surface area contributed by atoms with Gasteiger partial charge in [0.25, 0.3) is 0 Å². The molecule has 0 saturated heterocycles. The Bertz CT molecular complexity index is 749. The van der Waals surface area contributed by atoms with Gasteiger partial charge in [0, 0.05) is 4.47 Å². The van der Waals surface area contributed by atoms with Crippen LogP contribution in [0, 0.1) is 6.92 Å². The molecule has 2 rings (SSSR count). The van der Waals surface area contributed by atoms with Crippen LogP contribution in [-0.2, 0) is 10.2 Å². The van der Waals surface area contributed by atoms with Crippen molar-refractivity contribution in [2.45, 2.75) is 33.1 Å². The fourth-order valence-electron chi connectivity index (χ4n) is 2.11. The normalized spacial score (nSPS) is 11.2. The van der Waals surface area contributed by atoms with Gasteiger partial charge < -0.3 is 9.47 Å². The molecule has 3 nitrogen and oxygen atoms in total. The molecule has 0 aliphatic heterocycles. The number of hydrogen-bond acceptors (Lipinski definition) is 3. The Morgan fingerprint density at radius 2 is 1.71 bits per heavy atom. The third-order valence-corrected chi connectivity index (χ3v) is 4.62. The average Bonchev–Trinajstić information content (AvgIpc) is 2.47. The van der Waals surface area contributed by atoms with Gasteiger partial charge in [-0.1, -0.05) is 42.8 Å². The van der Waals surface area contributed by atoms with E-state index in [2.05, 4.69) is 52.6 Å². The first-order valence-electron chi connectivity index (χ1n) is 7.56.